The first-order valence-corrected chi connectivity index (χ1v) is 9.56. The molecule has 1 N–H and O–H groups in total. The number of nitrogens with zero attached hydrogens (tertiary/aromatic N) is 2. The summed E-state index contributed by atoms with van der Waals surface area (Å²) in [4.78, 5) is 16.9. The molecule has 7 nitrogen and oxygen atoms in total. The highest BCUT2D eigenvalue weighted by atomic mass is 16.5. The SMILES string of the molecule is COc1cc(C(=O)O)c(C(C)N2CCN3CCCCC3C2)c(OC)c1OC. The van der Waals surface area contributed by atoms with Gasteiger partial charge in [0.25, 0.3) is 0 Å². The number of benzene rings is 1. The van der Waals surface area contributed by atoms with Crippen molar-refractivity contribution in [3.05, 3.63) is 17.2 Å². The van der Waals surface area contributed by atoms with Crippen molar-refractivity contribution in [2.24, 2.45) is 0 Å². The zero-order chi connectivity index (χ0) is 19.6. The highest BCUT2D eigenvalue weighted by Gasteiger charge is 2.35. The summed E-state index contributed by atoms with van der Waals surface area (Å²) in [6, 6.07) is 1.98. The van der Waals surface area contributed by atoms with Crippen LogP contribution in [0, 0.1) is 0 Å². The largest absolute Gasteiger partial charge is 0.493 e. The van der Waals surface area contributed by atoms with Gasteiger partial charge in [0.05, 0.1) is 26.9 Å². The van der Waals surface area contributed by atoms with Gasteiger partial charge in [-0.3, -0.25) is 9.80 Å². The third kappa shape index (κ3) is 3.71. The summed E-state index contributed by atoms with van der Waals surface area (Å²) in [5.74, 6) is 0.239. The summed E-state index contributed by atoms with van der Waals surface area (Å²) in [7, 11) is 4.57. The summed E-state index contributed by atoms with van der Waals surface area (Å²) in [5.41, 5.74) is 0.843. The molecule has 2 aliphatic heterocycles. The van der Waals surface area contributed by atoms with Crippen LogP contribution in [0.2, 0.25) is 0 Å². The van der Waals surface area contributed by atoms with E-state index in [1.54, 1.807) is 0 Å². The highest BCUT2D eigenvalue weighted by Crippen LogP contribution is 2.46. The monoisotopic (exact) mass is 378 g/mol. The van der Waals surface area contributed by atoms with Gasteiger partial charge >= 0.3 is 5.97 Å². The minimum Gasteiger partial charge on any atom is -0.493 e. The molecule has 0 aliphatic carbocycles. The molecule has 0 saturated carbocycles. The lowest BCUT2D eigenvalue weighted by Gasteiger charge is -2.46. The second-order valence-electron chi connectivity index (χ2n) is 7.27. The number of piperazine rings is 1. The van der Waals surface area contributed by atoms with E-state index in [-0.39, 0.29) is 11.6 Å². The molecule has 0 aromatic heterocycles. The number of rotatable bonds is 6. The first-order valence-electron chi connectivity index (χ1n) is 9.56. The fourth-order valence-corrected chi connectivity index (χ4v) is 4.48. The lowest BCUT2D eigenvalue weighted by atomic mass is 9.94. The molecular weight excluding hydrogens is 348 g/mol. The van der Waals surface area contributed by atoms with Crippen molar-refractivity contribution in [3.63, 3.8) is 0 Å². The fraction of sp³-hybridized carbons (Fsp3) is 0.650. The third-order valence-corrected chi connectivity index (χ3v) is 5.93. The third-order valence-electron chi connectivity index (χ3n) is 5.93. The molecule has 0 spiro atoms. The van der Waals surface area contributed by atoms with Crippen molar-refractivity contribution in [2.45, 2.75) is 38.3 Å². The van der Waals surface area contributed by atoms with E-state index in [0.29, 0.717) is 28.9 Å². The Hall–Kier alpha value is -1.99. The van der Waals surface area contributed by atoms with Gasteiger partial charge in [0.2, 0.25) is 5.75 Å². The standard InChI is InChI=1S/C20H30N2O5/c1-13(22-10-9-21-8-6-5-7-14(21)12-22)17-15(20(23)24)11-16(25-2)18(26-3)19(17)27-4/h11,13-14H,5-10,12H2,1-4H3,(H,23,24). The number of methoxy groups -OCH3 is 3. The number of aromatic carboxylic acids is 1. The van der Waals surface area contributed by atoms with Crippen molar-refractivity contribution < 1.29 is 24.1 Å². The van der Waals surface area contributed by atoms with Crippen LogP contribution in [-0.4, -0.2) is 74.4 Å². The number of carboxylic acids is 1. The Bertz CT molecular complexity index is 693. The average Bonchev–Trinajstić information content (AvgIpc) is 2.70. The molecule has 2 saturated heterocycles. The van der Waals surface area contributed by atoms with Gasteiger partial charge in [0, 0.05) is 37.3 Å². The average molecular weight is 378 g/mol. The molecule has 1 aromatic rings. The molecule has 0 bridgehead atoms. The predicted molar refractivity (Wildman–Crippen MR) is 102 cm³/mol. The number of hydrogen-bond acceptors (Lipinski definition) is 6. The molecule has 2 aliphatic rings. The van der Waals surface area contributed by atoms with E-state index in [1.165, 1.54) is 53.2 Å². The van der Waals surface area contributed by atoms with Gasteiger partial charge in [-0.1, -0.05) is 6.42 Å². The van der Waals surface area contributed by atoms with E-state index in [0.717, 1.165) is 19.6 Å². The molecule has 2 atom stereocenters. The van der Waals surface area contributed by atoms with Gasteiger partial charge in [-0.25, -0.2) is 4.79 Å². The van der Waals surface area contributed by atoms with Gasteiger partial charge in [0.15, 0.2) is 11.5 Å². The van der Waals surface area contributed by atoms with Crippen LogP contribution in [0.15, 0.2) is 6.07 Å². The maximum atomic E-state index is 12.0. The smallest absolute Gasteiger partial charge is 0.336 e. The number of carbonyl (C=O) groups is 1. The maximum Gasteiger partial charge on any atom is 0.336 e. The molecule has 0 amide bonds. The van der Waals surface area contributed by atoms with Gasteiger partial charge in [-0.15, -0.1) is 0 Å². The minimum atomic E-state index is -0.993. The summed E-state index contributed by atoms with van der Waals surface area (Å²) in [5, 5.41) is 9.83. The second-order valence-corrected chi connectivity index (χ2v) is 7.27. The van der Waals surface area contributed by atoms with Crippen molar-refractivity contribution in [1.29, 1.82) is 0 Å². The van der Waals surface area contributed by atoms with Crippen molar-refractivity contribution >= 4 is 5.97 Å². The summed E-state index contributed by atoms with van der Waals surface area (Å²) >= 11 is 0. The topological polar surface area (TPSA) is 71.5 Å². The number of hydrogen-bond donors (Lipinski definition) is 1. The maximum absolute atomic E-state index is 12.0. The molecule has 2 unspecified atom stereocenters. The Morgan fingerprint density at radius 2 is 1.85 bits per heavy atom. The Kier molecular flexibility index (Phi) is 6.11. The number of fused-ring (bicyclic) bond motifs is 1. The normalized spacial score (nSPS) is 22.0. The van der Waals surface area contributed by atoms with E-state index in [1.807, 2.05) is 0 Å². The molecule has 2 heterocycles. The minimum absolute atomic E-state index is 0.102. The first-order chi connectivity index (χ1) is 13.0. The van der Waals surface area contributed by atoms with Crippen LogP contribution in [0.5, 0.6) is 17.2 Å². The number of ether oxygens (including phenoxy) is 3. The van der Waals surface area contributed by atoms with Gasteiger partial charge < -0.3 is 19.3 Å². The van der Waals surface area contributed by atoms with E-state index < -0.39 is 5.97 Å². The van der Waals surface area contributed by atoms with E-state index in [4.69, 9.17) is 14.2 Å². The summed E-state index contributed by atoms with van der Waals surface area (Å²) in [6.45, 7) is 6.10. The van der Waals surface area contributed by atoms with Crippen molar-refractivity contribution in [3.8, 4) is 17.2 Å². The van der Waals surface area contributed by atoms with Crippen LogP contribution >= 0.6 is 0 Å². The molecule has 27 heavy (non-hydrogen) atoms. The summed E-state index contributed by atoms with van der Waals surface area (Å²) < 4.78 is 16.4. The highest BCUT2D eigenvalue weighted by molar-refractivity contribution is 5.92. The Morgan fingerprint density at radius 3 is 2.48 bits per heavy atom. The first kappa shape index (κ1) is 19.8. The predicted octanol–water partition coefficient (Wildman–Crippen LogP) is 2.64. The molecular formula is C20H30N2O5. The zero-order valence-electron chi connectivity index (χ0n) is 16.7. The second kappa shape index (κ2) is 8.35. The Morgan fingerprint density at radius 1 is 1.11 bits per heavy atom. The molecule has 150 valence electrons. The van der Waals surface area contributed by atoms with E-state index >= 15 is 0 Å². The van der Waals surface area contributed by atoms with Gasteiger partial charge in [-0.2, -0.15) is 0 Å². The Balaban J connectivity index is 1.99. The van der Waals surface area contributed by atoms with Crippen molar-refractivity contribution in [2.75, 3.05) is 47.5 Å². The van der Waals surface area contributed by atoms with Crippen LogP contribution in [-0.2, 0) is 0 Å². The van der Waals surface area contributed by atoms with Crippen LogP contribution in [0.25, 0.3) is 0 Å². The van der Waals surface area contributed by atoms with Gasteiger partial charge in [0.1, 0.15) is 0 Å². The lowest BCUT2D eigenvalue weighted by Crippen LogP contribution is -2.55. The zero-order valence-corrected chi connectivity index (χ0v) is 16.7. The number of carboxylic acid groups (broad SMARTS) is 1. The number of piperidine rings is 1. The fourth-order valence-electron chi connectivity index (χ4n) is 4.48. The van der Waals surface area contributed by atoms with Crippen LogP contribution in [0.4, 0.5) is 0 Å². The van der Waals surface area contributed by atoms with Crippen LogP contribution in [0.1, 0.15) is 48.1 Å². The molecule has 1 aromatic carbocycles. The van der Waals surface area contributed by atoms with Crippen LogP contribution < -0.4 is 14.2 Å². The molecule has 0 radical (unpaired) electrons. The summed E-state index contributed by atoms with van der Waals surface area (Å²) in [6.07, 6.45) is 3.75. The lowest BCUT2D eigenvalue weighted by molar-refractivity contribution is 0.0297. The quantitative estimate of drug-likeness (QED) is 0.816. The Labute approximate surface area is 160 Å². The molecule has 2 fully saturated rings. The molecule has 7 heteroatoms. The van der Waals surface area contributed by atoms with Crippen molar-refractivity contribution in [1.82, 2.24) is 9.80 Å². The van der Waals surface area contributed by atoms with Gasteiger partial charge in [-0.05, 0) is 32.4 Å². The van der Waals surface area contributed by atoms with Crippen LogP contribution in [0.3, 0.4) is 0 Å². The van der Waals surface area contributed by atoms with E-state index in [2.05, 4.69) is 16.7 Å². The van der Waals surface area contributed by atoms with E-state index in [9.17, 15) is 9.90 Å². The molecule has 3 rings (SSSR count).